The van der Waals surface area contributed by atoms with E-state index in [0.717, 1.165) is 40.8 Å². The van der Waals surface area contributed by atoms with Crippen molar-refractivity contribution in [3.63, 3.8) is 0 Å². The minimum Gasteiger partial charge on any atom is -0.487 e. The van der Waals surface area contributed by atoms with Crippen molar-refractivity contribution in [1.29, 1.82) is 0 Å². The maximum atomic E-state index is 13.1. The summed E-state index contributed by atoms with van der Waals surface area (Å²) < 4.78 is 110. The predicted molar refractivity (Wildman–Crippen MR) is 109 cm³/mol. The molecule has 2 aliphatic heterocycles. The minimum absolute atomic E-state index is 0.0570. The van der Waals surface area contributed by atoms with Crippen LogP contribution in [0.1, 0.15) is 24.1 Å². The Labute approximate surface area is 196 Å². The number of ether oxygens (including phenoxy) is 1. The maximum absolute atomic E-state index is 13.1. The Morgan fingerprint density at radius 1 is 1.00 bits per heavy atom. The molecule has 190 valence electrons. The van der Waals surface area contributed by atoms with Gasteiger partial charge in [0.2, 0.25) is 15.9 Å². The highest BCUT2D eigenvalue weighted by atomic mass is 32.2. The summed E-state index contributed by atoms with van der Waals surface area (Å²) in [5.41, 5.74) is -2.19. The summed E-state index contributed by atoms with van der Waals surface area (Å²) in [7, 11) is -4.33. The molecule has 2 aromatic rings. The predicted octanol–water partition coefficient (Wildman–Crippen LogP) is 3.56. The fraction of sp³-hybridized carbons (Fsp3) is 0.429. The summed E-state index contributed by atoms with van der Waals surface area (Å²) in [6.07, 6.45) is -9.03. The number of carbonyl (C=O) groups excluding carboxylic acids is 1. The number of pyridine rings is 1. The Kier molecular flexibility index (Phi) is 6.47. The van der Waals surface area contributed by atoms with Crippen molar-refractivity contribution >= 4 is 15.9 Å². The molecule has 1 aromatic heterocycles. The molecule has 35 heavy (non-hydrogen) atoms. The third-order valence-electron chi connectivity index (χ3n) is 5.81. The van der Waals surface area contributed by atoms with Crippen LogP contribution in [0.2, 0.25) is 0 Å². The average molecular weight is 523 g/mol. The summed E-state index contributed by atoms with van der Waals surface area (Å²) in [5.74, 6) is -0.296. The molecular weight excluding hydrogens is 504 g/mol. The molecule has 4 rings (SSSR count). The van der Waals surface area contributed by atoms with Crippen molar-refractivity contribution in [1.82, 2.24) is 14.2 Å². The molecule has 2 aliphatic rings. The van der Waals surface area contributed by atoms with Gasteiger partial charge < -0.3 is 9.64 Å². The Balaban J connectivity index is 1.49. The molecule has 2 atom stereocenters. The van der Waals surface area contributed by atoms with Gasteiger partial charge in [0.05, 0.1) is 23.2 Å². The smallest absolute Gasteiger partial charge is 0.433 e. The third-order valence-corrected chi connectivity index (χ3v) is 7.68. The molecule has 3 heterocycles. The second-order valence-electron chi connectivity index (χ2n) is 8.19. The number of carbonyl (C=O) groups is 1. The van der Waals surface area contributed by atoms with Crippen LogP contribution in [0.5, 0.6) is 5.75 Å². The van der Waals surface area contributed by atoms with E-state index in [1.807, 2.05) is 0 Å². The first-order valence-electron chi connectivity index (χ1n) is 10.4. The highest BCUT2D eigenvalue weighted by Gasteiger charge is 2.42. The topological polar surface area (TPSA) is 79.8 Å². The zero-order valence-corrected chi connectivity index (χ0v) is 18.7. The van der Waals surface area contributed by atoms with Gasteiger partial charge in [0, 0.05) is 32.0 Å². The van der Waals surface area contributed by atoms with Crippen molar-refractivity contribution in [2.45, 2.75) is 42.2 Å². The van der Waals surface area contributed by atoms with Gasteiger partial charge in [-0.1, -0.05) is 6.07 Å². The van der Waals surface area contributed by atoms with Gasteiger partial charge >= 0.3 is 12.4 Å². The summed E-state index contributed by atoms with van der Waals surface area (Å²) in [6.45, 7) is -0.268. The lowest BCUT2D eigenvalue weighted by molar-refractivity contribution is -0.141. The Morgan fingerprint density at radius 3 is 2.37 bits per heavy atom. The number of nitrogens with zero attached hydrogens (tertiary/aromatic N) is 3. The normalized spacial score (nSPS) is 22.1. The molecule has 7 nitrogen and oxygen atoms in total. The van der Waals surface area contributed by atoms with E-state index in [0.29, 0.717) is 6.07 Å². The maximum Gasteiger partial charge on any atom is 0.433 e. The molecule has 0 radical (unpaired) electrons. The van der Waals surface area contributed by atoms with Crippen molar-refractivity contribution in [3.8, 4) is 5.75 Å². The summed E-state index contributed by atoms with van der Waals surface area (Å²) in [5, 5.41) is 0. The van der Waals surface area contributed by atoms with Gasteiger partial charge in [0.1, 0.15) is 17.5 Å². The number of alkyl halides is 6. The quantitative estimate of drug-likeness (QED) is 0.573. The molecule has 0 bridgehead atoms. The number of fused-ring (bicyclic) bond motifs is 1. The molecule has 2 fully saturated rings. The second kappa shape index (κ2) is 8.97. The average Bonchev–Trinajstić information content (AvgIpc) is 3.10. The molecule has 1 aromatic carbocycles. The zero-order valence-electron chi connectivity index (χ0n) is 17.9. The fourth-order valence-electron chi connectivity index (χ4n) is 4.14. The zero-order chi connectivity index (χ0) is 25.6. The molecule has 0 aliphatic carbocycles. The lowest BCUT2D eigenvalue weighted by Gasteiger charge is -2.25. The molecule has 2 saturated heterocycles. The van der Waals surface area contributed by atoms with E-state index < -0.39 is 50.7 Å². The number of rotatable bonds is 4. The number of sulfonamides is 1. The van der Waals surface area contributed by atoms with E-state index in [-0.39, 0.29) is 44.1 Å². The van der Waals surface area contributed by atoms with Crippen LogP contribution in [0.25, 0.3) is 0 Å². The van der Waals surface area contributed by atoms with Crippen LogP contribution < -0.4 is 4.74 Å². The second-order valence-corrected chi connectivity index (χ2v) is 10.1. The first-order chi connectivity index (χ1) is 16.2. The highest BCUT2D eigenvalue weighted by Crippen LogP contribution is 2.33. The molecule has 0 N–H and O–H groups in total. The van der Waals surface area contributed by atoms with Gasteiger partial charge in [-0.2, -0.15) is 30.6 Å². The summed E-state index contributed by atoms with van der Waals surface area (Å²) in [6, 6.07) is 4.64. The summed E-state index contributed by atoms with van der Waals surface area (Å²) >= 11 is 0. The van der Waals surface area contributed by atoms with Crippen LogP contribution in [-0.4, -0.2) is 60.3 Å². The number of halogens is 6. The first kappa shape index (κ1) is 25.2. The number of hydrogen-bond acceptors (Lipinski definition) is 5. The van der Waals surface area contributed by atoms with Crippen LogP contribution in [-0.2, 0) is 27.2 Å². The standard InChI is InChI=1S/C21H19F6N3O4S/c22-20(23,24)13-2-1-3-17(8-13)35(32,33)29-7-6-19(31)30-12-16(9-14(30)11-29)34-15-4-5-18(28-10-15)21(25,26)27/h1-5,8,10,14,16H,6-7,9,11-12H2/t14-,16+/m0/s1. The van der Waals surface area contributed by atoms with E-state index in [4.69, 9.17) is 4.74 Å². The van der Waals surface area contributed by atoms with E-state index in [2.05, 4.69) is 4.98 Å². The lowest BCUT2D eigenvalue weighted by atomic mass is 10.2. The van der Waals surface area contributed by atoms with E-state index in [1.54, 1.807) is 0 Å². The van der Waals surface area contributed by atoms with Crippen molar-refractivity contribution in [3.05, 3.63) is 53.9 Å². The Morgan fingerprint density at radius 2 is 1.74 bits per heavy atom. The van der Waals surface area contributed by atoms with Crippen LogP contribution >= 0.6 is 0 Å². The Hall–Kier alpha value is -2.87. The lowest BCUT2D eigenvalue weighted by Crippen LogP contribution is -2.40. The van der Waals surface area contributed by atoms with Crippen LogP contribution in [0.15, 0.2) is 47.5 Å². The van der Waals surface area contributed by atoms with Crippen molar-refractivity contribution in [2.24, 2.45) is 0 Å². The fourth-order valence-corrected chi connectivity index (χ4v) is 5.66. The Bertz CT molecular complexity index is 1200. The van der Waals surface area contributed by atoms with Crippen molar-refractivity contribution in [2.75, 3.05) is 19.6 Å². The monoisotopic (exact) mass is 523 g/mol. The molecule has 14 heteroatoms. The molecule has 0 spiro atoms. The van der Waals surface area contributed by atoms with Gasteiger partial charge in [-0.15, -0.1) is 0 Å². The number of aromatic nitrogens is 1. The number of amides is 1. The largest absolute Gasteiger partial charge is 0.487 e. The molecule has 1 amide bonds. The van der Waals surface area contributed by atoms with E-state index >= 15 is 0 Å². The van der Waals surface area contributed by atoms with E-state index in [9.17, 15) is 39.6 Å². The van der Waals surface area contributed by atoms with Gasteiger partial charge in [0.15, 0.2) is 0 Å². The molecule has 0 unspecified atom stereocenters. The van der Waals surface area contributed by atoms with Gasteiger partial charge in [0.25, 0.3) is 0 Å². The van der Waals surface area contributed by atoms with Crippen LogP contribution in [0, 0.1) is 0 Å². The van der Waals surface area contributed by atoms with Gasteiger partial charge in [-0.25, -0.2) is 13.4 Å². The van der Waals surface area contributed by atoms with Gasteiger partial charge in [-0.3, -0.25) is 4.79 Å². The van der Waals surface area contributed by atoms with Gasteiger partial charge in [-0.05, 0) is 30.3 Å². The minimum atomic E-state index is -4.72. The molecular formula is C21H19F6N3O4S. The summed E-state index contributed by atoms with van der Waals surface area (Å²) in [4.78, 5) is 16.8. The number of benzene rings is 1. The van der Waals surface area contributed by atoms with Crippen LogP contribution in [0.4, 0.5) is 26.3 Å². The number of hydrogen-bond donors (Lipinski definition) is 0. The van der Waals surface area contributed by atoms with Crippen LogP contribution in [0.3, 0.4) is 0 Å². The van der Waals surface area contributed by atoms with Crippen molar-refractivity contribution < 1.29 is 44.3 Å². The first-order valence-corrected chi connectivity index (χ1v) is 11.9. The third kappa shape index (κ3) is 5.37. The SMILES string of the molecule is O=C1CCN(S(=O)(=O)c2cccc(C(F)(F)F)c2)C[C@@H]2C[C@@H](Oc3ccc(C(F)(F)F)nc3)CN12. The highest BCUT2D eigenvalue weighted by molar-refractivity contribution is 7.89. The van der Waals surface area contributed by atoms with E-state index in [1.165, 1.54) is 4.90 Å². The molecule has 0 saturated carbocycles.